The van der Waals surface area contributed by atoms with E-state index < -0.39 is 21.7 Å². The number of benzene rings is 2. The van der Waals surface area contributed by atoms with Crippen molar-refractivity contribution in [3.63, 3.8) is 0 Å². The van der Waals surface area contributed by atoms with Crippen LogP contribution in [0.4, 0.5) is 8.78 Å². The average molecular weight is 341 g/mol. The van der Waals surface area contributed by atoms with E-state index in [2.05, 4.69) is 4.72 Å². The Balaban J connectivity index is 2.13. The van der Waals surface area contributed by atoms with Gasteiger partial charge < -0.3 is 4.74 Å². The molecule has 0 unspecified atom stereocenters. The van der Waals surface area contributed by atoms with E-state index >= 15 is 0 Å². The molecule has 0 aliphatic heterocycles. The van der Waals surface area contributed by atoms with E-state index in [0.717, 1.165) is 23.8 Å². The quantitative estimate of drug-likeness (QED) is 0.879. The Morgan fingerprint density at radius 1 is 1.13 bits per heavy atom. The first kappa shape index (κ1) is 17.4. The fourth-order valence-corrected chi connectivity index (χ4v) is 3.41. The summed E-state index contributed by atoms with van der Waals surface area (Å²) in [6, 6.07) is 7.88. The molecule has 0 aliphatic carbocycles. The molecule has 2 aromatic carbocycles. The fraction of sp³-hybridized carbons (Fsp3) is 0.250. The summed E-state index contributed by atoms with van der Waals surface area (Å²) in [4.78, 5) is 0.0136. The zero-order valence-corrected chi connectivity index (χ0v) is 13.6. The van der Waals surface area contributed by atoms with E-state index in [1.807, 2.05) is 0 Å². The van der Waals surface area contributed by atoms with Crippen molar-refractivity contribution in [1.29, 1.82) is 0 Å². The summed E-state index contributed by atoms with van der Waals surface area (Å²) in [6.45, 7) is 1.71. The van der Waals surface area contributed by atoms with Crippen LogP contribution < -0.4 is 9.46 Å². The van der Waals surface area contributed by atoms with E-state index in [9.17, 15) is 17.2 Å². The highest BCUT2D eigenvalue weighted by molar-refractivity contribution is 7.89. The number of methoxy groups -OCH3 is 1. The van der Waals surface area contributed by atoms with Gasteiger partial charge in [-0.15, -0.1) is 0 Å². The molecule has 0 fully saturated rings. The molecule has 0 heterocycles. The van der Waals surface area contributed by atoms with Crippen molar-refractivity contribution in [2.24, 2.45) is 0 Å². The minimum Gasteiger partial charge on any atom is -0.495 e. The molecule has 0 amide bonds. The van der Waals surface area contributed by atoms with Gasteiger partial charge in [0, 0.05) is 6.54 Å². The number of nitrogens with one attached hydrogen (secondary N) is 1. The zero-order chi connectivity index (χ0) is 17.0. The van der Waals surface area contributed by atoms with E-state index in [0.29, 0.717) is 0 Å². The molecule has 124 valence electrons. The number of ether oxygens (including phenoxy) is 1. The first-order valence-electron chi connectivity index (χ1n) is 6.92. The molecule has 0 radical (unpaired) electrons. The van der Waals surface area contributed by atoms with E-state index in [4.69, 9.17) is 4.74 Å². The molecular weight excluding hydrogens is 324 g/mol. The summed E-state index contributed by atoms with van der Waals surface area (Å²) in [5.74, 6) is -0.914. The molecule has 2 rings (SSSR count). The topological polar surface area (TPSA) is 55.4 Å². The lowest BCUT2D eigenvalue weighted by atomic mass is 10.1. The highest BCUT2D eigenvalue weighted by Gasteiger charge is 2.19. The van der Waals surface area contributed by atoms with Crippen molar-refractivity contribution in [1.82, 2.24) is 4.72 Å². The van der Waals surface area contributed by atoms with Crippen LogP contribution in [0.3, 0.4) is 0 Å². The van der Waals surface area contributed by atoms with Crippen LogP contribution in [0, 0.1) is 18.6 Å². The fourth-order valence-electron chi connectivity index (χ4n) is 2.13. The Morgan fingerprint density at radius 3 is 2.57 bits per heavy atom. The Bertz CT molecular complexity index is 807. The molecule has 0 bridgehead atoms. The lowest BCUT2D eigenvalue weighted by molar-refractivity contribution is 0.402. The highest BCUT2D eigenvalue weighted by Crippen LogP contribution is 2.24. The van der Waals surface area contributed by atoms with Crippen LogP contribution in [-0.4, -0.2) is 22.1 Å². The van der Waals surface area contributed by atoms with E-state index in [-0.39, 0.29) is 29.2 Å². The summed E-state index contributed by atoms with van der Waals surface area (Å²) in [6.07, 6.45) is 0.0386. The SMILES string of the molecule is COc1ccc(C)cc1S(=O)(=O)NCCc1cc(F)ccc1F. The third kappa shape index (κ3) is 4.27. The Labute approximate surface area is 134 Å². The molecule has 23 heavy (non-hydrogen) atoms. The summed E-state index contributed by atoms with van der Waals surface area (Å²) >= 11 is 0. The average Bonchev–Trinajstić information content (AvgIpc) is 2.50. The van der Waals surface area contributed by atoms with Crippen molar-refractivity contribution < 1.29 is 21.9 Å². The molecule has 0 saturated heterocycles. The maximum Gasteiger partial charge on any atom is 0.244 e. The predicted molar refractivity (Wildman–Crippen MR) is 83.0 cm³/mol. The number of aryl methyl sites for hydroxylation is 1. The highest BCUT2D eigenvalue weighted by atomic mass is 32.2. The molecule has 7 heteroatoms. The van der Waals surface area contributed by atoms with Crippen molar-refractivity contribution in [3.8, 4) is 5.75 Å². The number of halogens is 2. The Morgan fingerprint density at radius 2 is 1.87 bits per heavy atom. The largest absolute Gasteiger partial charge is 0.495 e. The van der Waals surface area contributed by atoms with Gasteiger partial charge >= 0.3 is 0 Å². The zero-order valence-electron chi connectivity index (χ0n) is 12.8. The predicted octanol–water partition coefficient (Wildman–Crippen LogP) is 2.80. The minimum absolute atomic E-state index is 0.0136. The van der Waals surface area contributed by atoms with Crippen molar-refractivity contribution in [2.45, 2.75) is 18.2 Å². The number of hydrogen-bond donors (Lipinski definition) is 1. The van der Waals surface area contributed by atoms with Gasteiger partial charge in [-0.05, 0) is 54.8 Å². The summed E-state index contributed by atoms with van der Waals surface area (Å²) < 4.78 is 58.7. The maximum absolute atomic E-state index is 13.5. The van der Waals surface area contributed by atoms with Gasteiger partial charge in [-0.3, -0.25) is 0 Å². The second-order valence-corrected chi connectivity index (χ2v) is 6.77. The van der Waals surface area contributed by atoms with Gasteiger partial charge in [0.2, 0.25) is 10.0 Å². The van der Waals surface area contributed by atoms with Crippen LogP contribution in [-0.2, 0) is 16.4 Å². The molecule has 1 N–H and O–H groups in total. The van der Waals surface area contributed by atoms with E-state index in [1.54, 1.807) is 19.1 Å². The van der Waals surface area contributed by atoms with Crippen molar-refractivity contribution in [2.75, 3.05) is 13.7 Å². The Kier molecular flexibility index (Phi) is 5.33. The molecule has 0 saturated carbocycles. The van der Waals surface area contributed by atoms with Gasteiger partial charge in [0.15, 0.2) is 0 Å². The molecule has 0 spiro atoms. The molecule has 0 atom stereocenters. The molecule has 0 aromatic heterocycles. The third-order valence-corrected chi connectivity index (χ3v) is 4.79. The standard InChI is InChI=1S/C16H17F2NO3S/c1-11-3-6-15(22-2)16(9-11)23(20,21)19-8-7-12-10-13(17)4-5-14(12)18/h3-6,9-10,19H,7-8H2,1-2H3. The molecule has 0 aliphatic rings. The minimum atomic E-state index is -3.81. The van der Waals surface area contributed by atoms with Gasteiger partial charge in [-0.2, -0.15) is 0 Å². The number of hydrogen-bond acceptors (Lipinski definition) is 3. The first-order chi connectivity index (χ1) is 10.8. The van der Waals surface area contributed by atoms with Gasteiger partial charge in [-0.25, -0.2) is 21.9 Å². The monoisotopic (exact) mass is 341 g/mol. The van der Waals surface area contributed by atoms with Crippen LogP contribution in [0.25, 0.3) is 0 Å². The van der Waals surface area contributed by atoms with Crippen molar-refractivity contribution in [3.05, 3.63) is 59.2 Å². The van der Waals surface area contributed by atoms with Gasteiger partial charge in [0.1, 0.15) is 22.3 Å². The van der Waals surface area contributed by atoms with Crippen LogP contribution in [0.2, 0.25) is 0 Å². The lowest BCUT2D eigenvalue weighted by Gasteiger charge is -2.11. The van der Waals surface area contributed by atoms with Gasteiger partial charge in [0.05, 0.1) is 7.11 Å². The molecule has 4 nitrogen and oxygen atoms in total. The first-order valence-corrected chi connectivity index (χ1v) is 8.40. The van der Waals surface area contributed by atoms with Gasteiger partial charge in [0.25, 0.3) is 0 Å². The van der Waals surface area contributed by atoms with Gasteiger partial charge in [-0.1, -0.05) is 6.07 Å². The van der Waals surface area contributed by atoms with Crippen molar-refractivity contribution >= 4 is 10.0 Å². The maximum atomic E-state index is 13.5. The van der Waals surface area contributed by atoms with Crippen LogP contribution in [0.15, 0.2) is 41.3 Å². The molecule has 2 aromatic rings. The second-order valence-electron chi connectivity index (χ2n) is 5.04. The summed E-state index contributed by atoms with van der Waals surface area (Å²) in [7, 11) is -2.43. The second kappa shape index (κ2) is 7.06. The third-order valence-electron chi connectivity index (χ3n) is 3.30. The van der Waals surface area contributed by atoms with Crippen LogP contribution >= 0.6 is 0 Å². The van der Waals surface area contributed by atoms with E-state index in [1.165, 1.54) is 13.2 Å². The number of rotatable bonds is 6. The normalized spacial score (nSPS) is 11.5. The smallest absolute Gasteiger partial charge is 0.244 e. The summed E-state index contributed by atoms with van der Waals surface area (Å²) in [5.41, 5.74) is 0.881. The van der Waals surface area contributed by atoms with Crippen LogP contribution in [0.1, 0.15) is 11.1 Å². The summed E-state index contributed by atoms with van der Waals surface area (Å²) in [5, 5.41) is 0. The lowest BCUT2D eigenvalue weighted by Crippen LogP contribution is -2.26. The van der Waals surface area contributed by atoms with Crippen LogP contribution in [0.5, 0.6) is 5.75 Å². The Hall–Kier alpha value is -1.99. The number of sulfonamides is 1. The molecular formula is C16H17F2NO3S.